The monoisotopic (exact) mass is 440 g/mol. The number of fused-ring (bicyclic) bond motifs is 1. The minimum Gasteiger partial charge on any atom is -0.379 e. The highest BCUT2D eigenvalue weighted by Gasteiger charge is 2.41. The Morgan fingerprint density at radius 2 is 2.19 bits per heavy atom. The predicted octanol–water partition coefficient (Wildman–Crippen LogP) is 2.94. The Morgan fingerprint density at radius 1 is 1.35 bits per heavy atom. The summed E-state index contributed by atoms with van der Waals surface area (Å²) in [6, 6.07) is 9.37. The zero-order valence-corrected chi connectivity index (χ0v) is 18.1. The molecule has 2 amide bonds. The third-order valence-corrected chi connectivity index (χ3v) is 6.38. The summed E-state index contributed by atoms with van der Waals surface area (Å²) < 4.78 is 7.22. The Balaban J connectivity index is 1.31. The number of nitriles is 1. The molecule has 1 aliphatic heterocycles. The maximum absolute atomic E-state index is 12.7. The highest BCUT2D eigenvalue weighted by Crippen LogP contribution is 2.29. The molecule has 1 aromatic heterocycles. The largest absolute Gasteiger partial charge is 0.379 e. The summed E-state index contributed by atoms with van der Waals surface area (Å²) in [6.45, 7) is 1.20. The Bertz CT molecular complexity index is 1080. The molecule has 1 fully saturated rings. The van der Waals surface area contributed by atoms with Crippen LogP contribution in [0.25, 0.3) is 10.9 Å². The molecule has 0 spiro atoms. The smallest absolute Gasteiger partial charge is 0.267 e. The fourth-order valence-electron chi connectivity index (χ4n) is 4.30. The minimum absolute atomic E-state index is 0.110. The summed E-state index contributed by atoms with van der Waals surface area (Å²) in [5.74, 6) is -0.319. The maximum atomic E-state index is 12.7. The van der Waals surface area contributed by atoms with Crippen molar-refractivity contribution < 1.29 is 14.3 Å². The summed E-state index contributed by atoms with van der Waals surface area (Å²) in [5.41, 5.74) is 0.407. The first kappa shape index (κ1) is 21.4. The molecule has 7 nitrogen and oxygen atoms in total. The van der Waals surface area contributed by atoms with Gasteiger partial charge in [0.05, 0.1) is 12.7 Å². The molecule has 0 bridgehead atoms. The van der Waals surface area contributed by atoms with Crippen LogP contribution in [-0.2, 0) is 16.6 Å². The summed E-state index contributed by atoms with van der Waals surface area (Å²) >= 11 is 6.05. The SMILES string of the molecule is Cn1c(C(=O)NC[C@H]2C=C[C@@H](NC(=O)C3(C#N)CCCOC3)C2)cc2cc(Cl)ccc21. The maximum Gasteiger partial charge on any atom is 0.267 e. The van der Waals surface area contributed by atoms with Gasteiger partial charge in [-0.15, -0.1) is 0 Å². The van der Waals surface area contributed by atoms with E-state index in [1.165, 1.54) is 0 Å². The van der Waals surface area contributed by atoms with Gasteiger partial charge in [0.1, 0.15) is 5.69 Å². The van der Waals surface area contributed by atoms with Gasteiger partial charge in [0.2, 0.25) is 5.91 Å². The molecule has 1 aliphatic carbocycles. The Hall–Kier alpha value is -2.82. The highest BCUT2D eigenvalue weighted by atomic mass is 35.5. The van der Waals surface area contributed by atoms with Crippen LogP contribution in [0, 0.1) is 22.7 Å². The van der Waals surface area contributed by atoms with E-state index in [2.05, 4.69) is 16.7 Å². The molecule has 8 heteroatoms. The number of halogens is 1. The van der Waals surface area contributed by atoms with Crippen LogP contribution in [0.3, 0.4) is 0 Å². The average Bonchev–Trinajstić information content (AvgIpc) is 3.36. The molecule has 4 rings (SSSR count). The van der Waals surface area contributed by atoms with E-state index < -0.39 is 5.41 Å². The Morgan fingerprint density at radius 3 is 2.94 bits per heavy atom. The van der Waals surface area contributed by atoms with Crippen LogP contribution in [-0.4, -0.2) is 42.2 Å². The molecule has 2 aliphatic rings. The molecule has 1 unspecified atom stereocenters. The second kappa shape index (κ2) is 8.74. The number of hydrogen-bond acceptors (Lipinski definition) is 4. The third-order valence-electron chi connectivity index (χ3n) is 6.14. The van der Waals surface area contributed by atoms with Crippen LogP contribution in [0.1, 0.15) is 29.8 Å². The van der Waals surface area contributed by atoms with E-state index in [0.29, 0.717) is 43.1 Å². The number of aromatic nitrogens is 1. The lowest BCUT2D eigenvalue weighted by molar-refractivity contribution is -0.134. The standard InChI is InChI=1S/C23H25ClN4O3/c1-28-19-6-4-17(24)10-16(19)11-20(28)21(29)26-12-15-3-5-18(9-15)27-22(30)23(13-25)7-2-8-31-14-23/h3-6,10-11,15,18H,2,7-9,12,14H2,1H3,(H,26,29)(H,27,30)/t15-,18+,23?/m0/s1. The molecule has 162 valence electrons. The number of carbonyl (C=O) groups is 2. The Kier molecular flexibility index (Phi) is 6.03. The van der Waals surface area contributed by atoms with Gasteiger partial charge in [-0.2, -0.15) is 5.26 Å². The number of nitrogens with zero attached hydrogens (tertiary/aromatic N) is 2. The van der Waals surface area contributed by atoms with Gasteiger partial charge in [-0.25, -0.2) is 0 Å². The van der Waals surface area contributed by atoms with E-state index in [1.807, 2.05) is 42.0 Å². The van der Waals surface area contributed by atoms with Crippen molar-refractivity contribution in [1.82, 2.24) is 15.2 Å². The van der Waals surface area contributed by atoms with Crippen LogP contribution in [0.5, 0.6) is 0 Å². The molecule has 2 heterocycles. The van der Waals surface area contributed by atoms with Gasteiger partial charge >= 0.3 is 0 Å². The first-order valence-electron chi connectivity index (χ1n) is 10.4. The number of benzene rings is 1. The van der Waals surface area contributed by atoms with Crippen molar-refractivity contribution >= 4 is 34.3 Å². The average molecular weight is 441 g/mol. The lowest BCUT2D eigenvalue weighted by Crippen LogP contribution is -2.48. The van der Waals surface area contributed by atoms with Crippen molar-refractivity contribution in [1.29, 1.82) is 5.26 Å². The van der Waals surface area contributed by atoms with E-state index in [9.17, 15) is 14.9 Å². The first-order valence-corrected chi connectivity index (χ1v) is 10.8. The molecule has 1 saturated heterocycles. The van der Waals surface area contributed by atoms with E-state index in [1.54, 1.807) is 6.07 Å². The van der Waals surface area contributed by atoms with Crippen LogP contribution >= 0.6 is 11.6 Å². The number of carbonyl (C=O) groups excluding carboxylic acids is 2. The van der Waals surface area contributed by atoms with E-state index in [0.717, 1.165) is 10.9 Å². The summed E-state index contributed by atoms with van der Waals surface area (Å²) in [5, 5.41) is 17.0. The van der Waals surface area contributed by atoms with Gasteiger partial charge in [0.15, 0.2) is 5.41 Å². The van der Waals surface area contributed by atoms with Crippen molar-refractivity contribution in [2.75, 3.05) is 19.8 Å². The second-order valence-electron chi connectivity index (χ2n) is 8.31. The number of amides is 2. The van der Waals surface area contributed by atoms with Gasteiger partial charge in [0, 0.05) is 42.2 Å². The highest BCUT2D eigenvalue weighted by molar-refractivity contribution is 6.31. The predicted molar refractivity (Wildman–Crippen MR) is 118 cm³/mol. The molecule has 2 N–H and O–H groups in total. The van der Waals surface area contributed by atoms with Gasteiger partial charge in [-0.05, 0) is 49.4 Å². The van der Waals surface area contributed by atoms with Crippen LogP contribution < -0.4 is 10.6 Å². The molecule has 0 radical (unpaired) electrons. The molecule has 3 atom stereocenters. The summed E-state index contributed by atoms with van der Waals surface area (Å²) in [4.78, 5) is 25.4. The topological polar surface area (TPSA) is 96.2 Å². The fourth-order valence-corrected chi connectivity index (χ4v) is 4.49. The number of rotatable bonds is 5. The number of hydrogen-bond donors (Lipinski definition) is 2. The number of ether oxygens (including phenoxy) is 1. The molecule has 2 aromatic rings. The van der Waals surface area contributed by atoms with Crippen molar-refractivity contribution in [3.63, 3.8) is 0 Å². The van der Waals surface area contributed by atoms with Gasteiger partial charge in [0.25, 0.3) is 5.91 Å². The lowest BCUT2D eigenvalue weighted by atomic mass is 9.83. The van der Waals surface area contributed by atoms with Crippen molar-refractivity contribution in [2.24, 2.45) is 18.4 Å². The minimum atomic E-state index is -1.10. The normalized spacial score (nSPS) is 25.3. The van der Waals surface area contributed by atoms with Gasteiger partial charge in [-0.3, -0.25) is 9.59 Å². The fraction of sp³-hybridized carbons (Fsp3) is 0.435. The zero-order chi connectivity index (χ0) is 22.0. The van der Waals surface area contributed by atoms with Crippen molar-refractivity contribution in [2.45, 2.75) is 25.3 Å². The molecular weight excluding hydrogens is 416 g/mol. The molecular formula is C23H25ClN4O3. The molecule has 31 heavy (non-hydrogen) atoms. The Labute approximate surface area is 186 Å². The quantitative estimate of drug-likeness (QED) is 0.698. The van der Waals surface area contributed by atoms with Crippen LogP contribution in [0.4, 0.5) is 0 Å². The summed E-state index contributed by atoms with van der Waals surface area (Å²) in [6.07, 6.45) is 5.84. The van der Waals surface area contributed by atoms with Gasteiger partial charge in [-0.1, -0.05) is 23.8 Å². The molecule has 1 aromatic carbocycles. The third kappa shape index (κ3) is 4.32. The molecule has 0 saturated carbocycles. The van der Waals surface area contributed by atoms with E-state index in [4.69, 9.17) is 16.3 Å². The van der Waals surface area contributed by atoms with Crippen LogP contribution in [0.2, 0.25) is 5.02 Å². The first-order chi connectivity index (χ1) is 14.9. The van der Waals surface area contributed by atoms with E-state index in [-0.39, 0.29) is 30.4 Å². The van der Waals surface area contributed by atoms with E-state index >= 15 is 0 Å². The zero-order valence-electron chi connectivity index (χ0n) is 17.4. The second-order valence-corrected chi connectivity index (χ2v) is 8.75. The van der Waals surface area contributed by atoms with Crippen molar-refractivity contribution in [3.05, 3.63) is 47.1 Å². The van der Waals surface area contributed by atoms with Crippen molar-refractivity contribution in [3.8, 4) is 6.07 Å². The lowest BCUT2D eigenvalue weighted by Gasteiger charge is -2.30. The van der Waals surface area contributed by atoms with Gasteiger partial charge < -0.3 is 19.9 Å². The van der Waals surface area contributed by atoms with Crippen LogP contribution in [0.15, 0.2) is 36.4 Å². The number of nitrogens with one attached hydrogen (secondary N) is 2. The number of aryl methyl sites for hydroxylation is 1. The summed E-state index contributed by atoms with van der Waals surface area (Å²) in [7, 11) is 1.85.